The molecule has 11 heteroatoms. The highest BCUT2D eigenvalue weighted by molar-refractivity contribution is 6.75. The zero-order valence-electron chi connectivity index (χ0n) is 39.8. The van der Waals surface area contributed by atoms with Crippen LogP contribution in [-0.2, 0) is 32.0 Å². The number of benzene rings is 1. The number of ether oxygens (including phenoxy) is 2. The van der Waals surface area contributed by atoms with Gasteiger partial charge in [0.15, 0.2) is 39.4 Å². The summed E-state index contributed by atoms with van der Waals surface area (Å²) in [5, 5.41) is -0.0838. The molecule has 0 N–H and O–H groups in total. The van der Waals surface area contributed by atoms with Crippen molar-refractivity contribution in [2.45, 2.75) is 193 Å². The highest BCUT2D eigenvalue weighted by Gasteiger charge is 2.45. The SMILES string of the molecule is C/C=C/[C@H](O[Si](C)(C)C(C)(C)C)[C@H](/C=C/[C@H](O[Si](C)(C)C(C)(C)C)[C@H](/C=C/CO[Si](C)(C)C(C)(C)C)O[Si](C)(C)C(C)(C)C)OC(=O)[C@@H](OC)c1ccccc1. The van der Waals surface area contributed by atoms with Gasteiger partial charge in [0.1, 0.15) is 12.2 Å². The fourth-order valence-electron chi connectivity index (χ4n) is 4.68. The second kappa shape index (κ2) is 20.2. The van der Waals surface area contributed by atoms with Crippen molar-refractivity contribution in [2.75, 3.05) is 13.7 Å². The van der Waals surface area contributed by atoms with Crippen LogP contribution in [0.4, 0.5) is 0 Å². The van der Waals surface area contributed by atoms with Gasteiger partial charge >= 0.3 is 5.97 Å². The third kappa shape index (κ3) is 15.3. The van der Waals surface area contributed by atoms with E-state index in [1.807, 2.05) is 55.5 Å². The normalized spacial score (nSPS) is 17.4. The average Bonchev–Trinajstić information content (AvgIpc) is 3.02. The summed E-state index contributed by atoms with van der Waals surface area (Å²) in [5.74, 6) is -0.486. The minimum Gasteiger partial charge on any atom is -0.453 e. The molecule has 0 heterocycles. The number of hydrogen-bond acceptors (Lipinski definition) is 7. The molecule has 0 saturated heterocycles. The standard InChI is InChI=1S/C45H84O7Si4/c1-23-28-37(50-54(17,18)43(5,6)7)36(49-41(46)40(47-14)35-29-25-24-26-30-35)32-33-39(52-56(21,22)45(11,12)13)38(51-55(19,20)44(8,9)10)31-27-34-48-53(15,16)42(2,3)4/h23-33,36-40H,34H2,1-22H3/b28-23+,31-27+,33-32+/t36-,37-,38-,39-,40-/m0/s1. The van der Waals surface area contributed by atoms with Crippen LogP contribution in [0.2, 0.25) is 72.5 Å². The second-order valence-electron chi connectivity index (χ2n) is 21.4. The Hall–Kier alpha value is -1.42. The fraction of sp³-hybridized carbons (Fsp3) is 0.711. The summed E-state index contributed by atoms with van der Waals surface area (Å²) < 4.78 is 40.4. The largest absolute Gasteiger partial charge is 0.453 e. The lowest BCUT2D eigenvalue weighted by Gasteiger charge is -2.44. The summed E-state index contributed by atoms with van der Waals surface area (Å²) in [4.78, 5) is 14.1. The fourth-order valence-corrected chi connectivity index (χ4v) is 9.36. The van der Waals surface area contributed by atoms with Crippen LogP contribution in [0, 0.1) is 0 Å². The van der Waals surface area contributed by atoms with Gasteiger partial charge in [-0.3, -0.25) is 0 Å². The molecule has 56 heavy (non-hydrogen) atoms. The molecular weight excluding hydrogens is 765 g/mol. The van der Waals surface area contributed by atoms with Gasteiger partial charge in [0, 0.05) is 7.11 Å². The lowest BCUT2D eigenvalue weighted by atomic mass is 10.1. The molecule has 0 spiro atoms. The Morgan fingerprint density at radius 1 is 0.571 bits per heavy atom. The minimum absolute atomic E-state index is 0.0410. The molecule has 0 bridgehead atoms. The van der Waals surface area contributed by atoms with E-state index >= 15 is 0 Å². The first-order valence-electron chi connectivity index (χ1n) is 20.6. The molecule has 7 nitrogen and oxygen atoms in total. The highest BCUT2D eigenvalue weighted by Crippen LogP contribution is 2.42. The van der Waals surface area contributed by atoms with E-state index in [2.05, 4.69) is 154 Å². The molecule has 0 amide bonds. The van der Waals surface area contributed by atoms with Gasteiger partial charge in [-0.05, 0) is 91.1 Å². The van der Waals surface area contributed by atoms with E-state index in [0.717, 1.165) is 5.56 Å². The van der Waals surface area contributed by atoms with Crippen LogP contribution >= 0.6 is 0 Å². The number of rotatable bonds is 19. The van der Waals surface area contributed by atoms with Gasteiger partial charge in [-0.2, -0.15) is 0 Å². The Labute approximate surface area is 348 Å². The van der Waals surface area contributed by atoms with Crippen LogP contribution in [0.25, 0.3) is 0 Å². The first-order valence-corrected chi connectivity index (χ1v) is 32.2. The molecule has 0 radical (unpaired) electrons. The number of carbonyl (C=O) groups is 1. The van der Waals surface area contributed by atoms with Crippen molar-refractivity contribution in [1.29, 1.82) is 0 Å². The molecule has 0 aliphatic rings. The molecule has 0 unspecified atom stereocenters. The zero-order valence-corrected chi connectivity index (χ0v) is 43.8. The summed E-state index contributed by atoms with van der Waals surface area (Å²) in [6, 6.07) is 9.46. The van der Waals surface area contributed by atoms with Gasteiger partial charge < -0.3 is 27.2 Å². The zero-order chi connectivity index (χ0) is 43.8. The van der Waals surface area contributed by atoms with Crippen molar-refractivity contribution in [3.8, 4) is 0 Å². The molecule has 5 atom stereocenters. The van der Waals surface area contributed by atoms with Crippen LogP contribution in [0.15, 0.2) is 66.8 Å². The Kier molecular flexibility index (Phi) is 19.0. The molecule has 1 aromatic rings. The van der Waals surface area contributed by atoms with Gasteiger partial charge in [-0.25, -0.2) is 4.79 Å². The van der Waals surface area contributed by atoms with Crippen molar-refractivity contribution in [3.63, 3.8) is 0 Å². The lowest BCUT2D eigenvalue weighted by molar-refractivity contribution is -0.162. The van der Waals surface area contributed by atoms with Gasteiger partial charge in [-0.1, -0.05) is 144 Å². The third-order valence-corrected chi connectivity index (χ3v) is 30.6. The first kappa shape index (κ1) is 52.6. The van der Waals surface area contributed by atoms with E-state index in [-0.39, 0.29) is 20.2 Å². The maximum absolute atomic E-state index is 14.1. The Morgan fingerprint density at radius 2 is 0.946 bits per heavy atom. The summed E-state index contributed by atoms with van der Waals surface area (Å²) in [5.41, 5.74) is 0.725. The molecule has 0 aromatic heterocycles. The number of carbonyl (C=O) groups excluding carboxylic acids is 1. The monoisotopic (exact) mass is 849 g/mol. The third-order valence-electron chi connectivity index (χ3n) is 12.7. The summed E-state index contributed by atoms with van der Waals surface area (Å²) in [6.07, 6.45) is 9.12. The molecule has 0 aliphatic heterocycles. The van der Waals surface area contributed by atoms with Crippen LogP contribution in [0.3, 0.4) is 0 Å². The molecule has 1 aromatic carbocycles. The Bertz CT molecular complexity index is 1440. The van der Waals surface area contributed by atoms with E-state index in [0.29, 0.717) is 6.61 Å². The quantitative estimate of drug-likeness (QED) is 0.0780. The maximum atomic E-state index is 14.1. The minimum atomic E-state index is -2.37. The smallest absolute Gasteiger partial charge is 0.340 e. The van der Waals surface area contributed by atoms with E-state index in [9.17, 15) is 4.79 Å². The topological polar surface area (TPSA) is 72.5 Å². The average molecular weight is 850 g/mol. The van der Waals surface area contributed by atoms with E-state index < -0.39 is 69.8 Å². The second-order valence-corrected chi connectivity index (χ2v) is 40.4. The Morgan fingerprint density at radius 3 is 1.32 bits per heavy atom. The van der Waals surface area contributed by atoms with Crippen molar-refractivity contribution >= 4 is 39.2 Å². The van der Waals surface area contributed by atoms with Crippen LogP contribution in [0.1, 0.15) is 102 Å². The van der Waals surface area contributed by atoms with Gasteiger partial charge in [0.05, 0.1) is 18.8 Å². The van der Waals surface area contributed by atoms with E-state index in [4.69, 9.17) is 27.2 Å². The molecule has 0 fully saturated rings. The molecule has 1 rings (SSSR count). The number of allylic oxidation sites excluding steroid dienone is 1. The van der Waals surface area contributed by atoms with Crippen LogP contribution in [-0.4, -0.2) is 77.4 Å². The molecule has 0 aliphatic carbocycles. The van der Waals surface area contributed by atoms with Crippen LogP contribution < -0.4 is 0 Å². The number of esters is 1. The summed E-state index contributed by atoms with van der Waals surface area (Å²) in [6.45, 7) is 47.5. The van der Waals surface area contributed by atoms with E-state index in [1.165, 1.54) is 7.11 Å². The van der Waals surface area contributed by atoms with Crippen LogP contribution in [0.5, 0.6) is 0 Å². The van der Waals surface area contributed by atoms with Gasteiger partial charge in [-0.15, -0.1) is 0 Å². The van der Waals surface area contributed by atoms with Crippen molar-refractivity contribution < 1.29 is 32.0 Å². The predicted octanol–water partition coefficient (Wildman–Crippen LogP) is 13.2. The number of methoxy groups -OCH3 is 1. The summed E-state index contributed by atoms with van der Waals surface area (Å²) in [7, 11) is -7.47. The highest BCUT2D eigenvalue weighted by atomic mass is 28.4. The lowest BCUT2D eigenvalue weighted by Crippen LogP contribution is -2.51. The summed E-state index contributed by atoms with van der Waals surface area (Å²) >= 11 is 0. The number of hydrogen-bond donors (Lipinski definition) is 0. The molecular formula is C45H84O7Si4. The maximum Gasteiger partial charge on any atom is 0.340 e. The van der Waals surface area contributed by atoms with Gasteiger partial charge in [0.2, 0.25) is 0 Å². The first-order chi connectivity index (χ1) is 25.1. The van der Waals surface area contributed by atoms with Crippen molar-refractivity contribution in [3.05, 3.63) is 72.4 Å². The van der Waals surface area contributed by atoms with Gasteiger partial charge in [0.25, 0.3) is 0 Å². The van der Waals surface area contributed by atoms with Crippen molar-refractivity contribution in [1.82, 2.24) is 0 Å². The van der Waals surface area contributed by atoms with Crippen molar-refractivity contribution in [2.24, 2.45) is 0 Å². The molecule has 322 valence electrons. The molecule has 0 saturated carbocycles. The van der Waals surface area contributed by atoms with E-state index in [1.54, 1.807) is 0 Å². The Balaban J connectivity index is 4.05. The predicted molar refractivity (Wildman–Crippen MR) is 249 cm³/mol.